The molecule has 0 aliphatic carbocycles. The van der Waals surface area contributed by atoms with Crippen molar-refractivity contribution in [1.82, 2.24) is 24.2 Å². The van der Waals surface area contributed by atoms with E-state index < -0.39 is 5.82 Å². The summed E-state index contributed by atoms with van der Waals surface area (Å²) in [5.41, 5.74) is 3.74. The second kappa shape index (κ2) is 10.3. The van der Waals surface area contributed by atoms with Crippen LogP contribution in [0, 0.1) is 12.7 Å². The van der Waals surface area contributed by atoms with Gasteiger partial charge in [0.1, 0.15) is 0 Å². The Morgan fingerprint density at radius 2 is 1.82 bits per heavy atom. The summed E-state index contributed by atoms with van der Waals surface area (Å²) >= 11 is 6.30. The molecule has 1 N–H and O–H groups in total. The van der Waals surface area contributed by atoms with Crippen molar-refractivity contribution < 1.29 is 18.7 Å². The van der Waals surface area contributed by atoms with Crippen molar-refractivity contribution in [1.29, 1.82) is 0 Å². The molecule has 1 fully saturated rings. The van der Waals surface area contributed by atoms with Crippen LogP contribution < -0.4 is 10.1 Å². The first-order valence-electron chi connectivity index (χ1n) is 12.1. The van der Waals surface area contributed by atoms with E-state index >= 15 is 0 Å². The molecule has 2 amide bonds. The number of carbonyl (C=O) groups is 2. The molecule has 2 aromatic carbocycles. The quantitative estimate of drug-likeness (QED) is 0.402. The van der Waals surface area contributed by atoms with Crippen molar-refractivity contribution in [2.24, 2.45) is 0 Å². The lowest BCUT2D eigenvalue weighted by molar-refractivity contribution is -0.130. The predicted molar refractivity (Wildman–Crippen MR) is 143 cm³/mol. The average Bonchev–Trinajstić information content (AvgIpc) is 3.35. The highest BCUT2D eigenvalue weighted by Gasteiger charge is 2.24. The maximum atomic E-state index is 14.6. The molecule has 4 aromatic rings. The van der Waals surface area contributed by atoms with Crippen LogP contribution in [0.1, 0.15) is 22.8 Å². The van der Waals surface area contributed by atoms with Gasteiger partial charge in [-0.05, 0) is 42.8 Å². The summed E-state index contributed by atoms with van der Waals surface area (Å²) in [4.78, 5) is 37.1. The normalized spacial score (nSPS) is 13.6. The summed E-state index contributed by atoms with van der Waals surface area (Å²) in [5.74, 6) is -0.120. The Hall–Kier alpha value is -4.18. The van der Waals surface area contributed by atoms with E-state index in [0.29, 0.717) is 54.5 Å². The van der Waals surface area contributed by atoms with Gasteiger partial charge in [0.2, 0.25) is 5.91 Å². The van der Waals surface area contributed by atoms with Gasteiger partial charge >= 0.3 is 0 Å². The molecule has 3 heterocycles. The number of aromatic nitrogens is 3. The van der Waals surface area contributed by atoms with Crippen LogP contribution >= 0.6 is 11.6 Å². The number of ether oxygens (including phenoxy) is 1. The van der Waals surface area contributed by atoms with E-state index in [4.69, 9.17) is 16.3 Å². The molecule has 1 aliphatic rings. The number of aryl methyl sites for hydroxylation is 1. The van der Waals surface area contributed by atoms with Crippen molar-refractivity contribution >= 4 is 40.6 Å². The van der Waals surface area contributed by atoms with Gasteiger partial charge < -0.3 is 19.9 Å². The summed E-state index contributed by atoms with van der Waals surface area (Å²) in [7, 11) is 1.38. The Balaban J connectivity index is 1.38. The molecule has 196 valence electrons. The highest BCUT2D eigenvalue weighted by Crippen LogP contribution is 2.35. The number of hydrogen-bond acceptors (Lipinski definition) is 6. The SMILES string of the molecule is COc1ccc(-c2cnc3c(Nc4ccc(C(=O)N5CCN(C(C)=O)CC5)c(C)c4)nccn23)c(Cl)c1F. The number of nitrogens with one attached hydrogen (secondary N) is 1. The van der Waals surface area contributed by atoms with Gasteiger partial charge in [0, 0.05) is 62.3 Å². The van der Waals surface area contributed by atoms with E-state index in [0.717, 1.165) is 11.3 Å². The number of amides is 2. The van der Waals surface area contributed by atoms with Gasteiger partial charge in [-0.3, -0.25) is 14.0 Å². The largest absolute Gasteiger partial charge is 0.494 e. The van der Waals surface area contributed by atoms with Gasteiger partial charge in [-0.2, -0.15) is 0 Å². The molecule has 5 rings (SSSR count). The average molecular weight is 537 g/mol. The Labute approximate surface area is 223 Å². The van der Waals surface area contributed by atoms with Crippen molar-refractivity contribution in [3.05, 3.63) is 70.9 Å². The number of rotatable bonds is 5. The maximum Gasteiger partial charge on any atom is 0.254 e. The third kappa shape index (κ3) is 4.63. The van der Waals surface area contributed by atoms with E-state index in [1.165, 1.54) is 13.2 Å². The molecular formula is C27H26ClFN6O3. The smallest absolute Gasteiger partial charge is 0.254 e. The number of methoxy groups -OCH3 is 1. The molecule has 2 aromatic heterocycles. The van der Waals surface area contributed by atoms with Crippen LogP contribution in [0.2, 0.25) is 5.02 Å². The number of piperazine rings is 1. The minimum atomic E-state index is -0.639. The van der Waals surface area contributed by atoms with E-state index in [-0.39, 0.29) is 22.6 Å². The van der Waals surface area contributed by atoms with Gasteiger partial charge in [-0.1, -0.05) is 11.6 Å². The second-order valence-electron chi connectivity index (χ2n) is 9.01. The lowest BCUT2D eigenvalue weighted by Crippen LogP contribution is -2.50. The summed E-state index contributed by atoms with van der Waals surface area (Å²) < 4.78 is 21.3. The molecule has 38 heavy (non-hydrogen) atoms. The molecule has 1 saturated heterocycles. The van der Waals surface area contributed by atoms with Crippen LogP contribution in [0.15, 0.2) is 48.9 Å². The first-order valence-corrected chi connectivity index (χ1v) is 12.4. The highest BCUT2D eigenvalue weighted by atomic mass is 35.5. The Morgan fingerprint density at radius 3 is 2.50 bits per heavy atom. The van der Waals surface area contributed by atoms with Gasteiger partial charge in [0.15, 0.2) is 23.0 Å². The van der Waals surface area contributed by atoms with Crippen LogP contribution in [-0.4, -0.2) is 69.3 Å². The van der Waals surface area contributed by atoms with Gasteiger partial charge in [0.25, 0.3) is 5.91 Å². The van der Waals surface area contributed by atoms with E-state index in [1.54, 1.807) is 51.8 Å². The molecule has 0 radical (unpaired) electrons. The Kier molecular flexibility index (Phi) is 6.90. The first-order chi connectivity index (χ1) is 18.3. The van der Waals surface area contributed by atoms with Crippen molar-refractivity contribution in [3.8, 4) is 17.0 Å². The third-order valence-corrected chi connectivity index (χ3v) is 7.07. The van der Waals surface area contributed by atoms with E-state index in [2.05, 4.69) is 15.3 Å². The fraction of sp³-hybridized carbons (Fsp3) is 0.259. The molecular weight excluding hydrogens is 511 g/mol. The number of hydrogen-bond donors (Lipinski definition) is 1. The molecule has 0 atom stereocenters. The van der Waals surface area contributed by atoms with Crippen LogP contribution in [0.25, 0.3) is 16.9 Å². The summed E-state index contributed by atoms with van der Waals surface area (Å²) in [5, 5.41) is 3.21. The zero-order valence-electron chi connectivity index (χ0n) is 21.2. The lowest BCUT2D eigenvalue weighted by atomic mass is 10.1. The van der Waals surface area contributed by atoms with Crippen LogP contribution in [-0.2, 0) is 4.79 Å². The Bertz CT molecular complexity index is 1550. The Morgan fingerprint density at radius 1 is 1.08 bits per heavy atom. The topological polar surface area (TPSA) is 92.1 Å². The molecule has 11 heteroatoms. The first kappa shape index (κ1) is 25.5. The maximum absolute atomic E-state index is 14.6. The van der Waals surface area contributed by atoms with Crippen LogP contribution in [0.5, 0.6) is 5.75 Å². The minimum absolute atomic E-state index is 0.0243. The summed E-state index contributed by atoms with van der Waals surface area (Å²) in [6, 6.07) is 8.68. The molecule has 1 aliphatic heterocycles. The standard InChI is InChI=1S/C27H26ClFN6O3/c1-16-14-18(4-5-19(16)27(37)34-12-10-33(11-13-34)17(2)36)32-25-26-31-15-21(35(26)9-8-30-25)20-6-7-22(38-3)24(29)23(20)28/h4-9,14-15H,10-13H2,1-3H3,(H,30,32). The summed E-state index contributed by atoms with van der Waals surface area (Å²) in [6.07, 6.45) is 4.94. The zero-order valence-corrected chi connectivity index (χ0v) is 21.9. The molecule has 0 bridgehead atoms. The number of carbonyl (C=O) groups excluding carboxylic acids is 2. The molecule has 0 saturated carbocycles. The van der Waals surface area contributed by atoms with Crippen molar-refractivity contribution in [3.63, 3.8) is 0 Å². The van der Waals surface area contributed by atoms with Gasteiger partial charge in [-0.15, -0.1) is 0 Å². The number of anilines is 2. The number of imidazole rings is 1. The lowest BCUT2D eigenvalue weighted by Gasteiger charge is -2.34. The minimum Gasteiger partial charge on any atom is -0.494 e. The van der Waals surface area contributed by atoms with Crippen LogP contribution in [0.4, 0.5) is 15.9 Å². The number of halogens is 2. The van der Waals surface area contributed by atoms with E-state index in [1.807, 2.05) is 19.1 Å². The number of nitrogens with zero attached hydrogens (tertiary/aromatic N) is 5. The monoisotopic (exact) mass is 536 g/mol. The number of fused-ring (bicyclic) bond motifs is 1. The summed E-state index contributed by atoms with van der Waals surface area (Å²) in [6.45, 7) is 5.52. The molecule has 9 nitrogen and oxygen atoms in total. The van der Waals surface area contributed by atoms with Crippen LogP contribution in [0.3, 0.4) is 0 Å². The predicted octanol–water partition coefficient (Wildman–Crippen LogP) is 4.55. The van der Waals surface area contributed by atoms with Gasteiger partial charge in [-0.25, -0.2) is 14.4 Å². The van der Waals surface area contributed by atoms with Crippen molar-refractivity contribution in [2.45, 2.75) is 13.8 Å². The second-order valence-corrected chi connectivity index (χ2v) is 9.39. The van der Waals surface area contributed by atoms with E-state index in [9.17, 15) is 14.0 Å². The number of benzene rings is 2. The fourth-order valence-electron chi connectivity index (χ4n) is 4.61. The zero-order chi connectivity index (χ0) is 27.0. The highest BCUT2D eigenvalue weighted by molar-refractivity contribution is 6.33. The fourth-order valence-corrected chi connectivity index (χ4v) is 4.86. The van der Waals surface area contributed by atoms with Crippen molar-refractivity contribution in [2.75, 3.05) is 38.6 Å². The van der Waals surface area contributed by atoms with Gasteiger partial charge in [0.05, 0.1) is 24.0 Å². The molecule has 0 spiro atoms. The third-order valence-electron chi connectivity index (χ3n) is 6.70. The molecule has 0 unspecified atom stereocenters.